The van der Waals surface area contributed by atoms with Crippen LogP contribution in [0.5, 0.6) is 0 Å². The first-order chi connectivity index (χ1) is 7.36. The highest BCUT2D eigenvalue weighted by molar-refractivity contribution is 7.89. The Morgan fingerprint density at radius 3 is 2.56 bits per heavy atom. The molecule has 2 N–H and O–H groups in total. The minimum atomic E-state index is -3.66. The molecule has 0 aliphatic heterocycles. The zero-order valence-corrected chi connectivity index (χ0v) is 9.82. The van der Waals surface area contributed by atoms with Gasteiger partial charge in [-0.2, -0.15) is 0 Å². The molecule has 0 spiro atoms. The molecule has 0 radical (unpaired) electrons. The van der Waals surface area contributed by atoms with Crippen molar-refractivity contribution in [2.45, 2.75) is 12.2 Å². The maximum atomic E-state index is 11.2. The number of hydrogen-bond acceptors (Lipinski definition) is 4. The number of benzene rings is 1. The molecule has 0 aromatic heterocycles. The van der Waals surface area contributed by atoms with Crippen LogP contribution >= 0.6 is 0 Å². The van der Waals surface area contributed by atoms with Crippen LogP contribution in [0.3, 0.4) is 0 Å². The van der Waals surface area contributed by atoms with Crippen LogP contribution in [-0.4, -0.2) is 21.5 Å². The Kier molecular flexibility index (Phi) is 3.66. The van der Waals surface area contributed by atoms with Crippen LogP contribution in [0.1, 0.15) is 28.1 Å². The van der Waals surface area contributed by atoms with E-state index < -0.39 is 21.2 Å². The summed E-state index contributed by atoms with van der Waals surface area (Å²) in [6.07, 6.45) is 0. The van der Waals surface area contributed by atoms with Crippen LogP contribution < -0.4 is 5.14 Å². The lowest BCUT2D eigenvalue weighted by Gasteiger charge is -2.10. The van der Waals surface area contributed by atoms with Crippen molar-refractivity contribution in [2.24, 2.45) is 5.14 Å². The molecule has 0 fully saturated rings. The molecule has 0 aliphatic rings. The molecule has 1 atom stereocenters. The summed E-state index contributed by atoms with van der Waals surface area (Å²) in [5.74, 6) is -0.511. The third-order valence-electron chi connectivity index (χ3n) is 2.27. The van der Waals surface area contributed by atoms with Crippen molar-refractivity contribution in [1.29, 1.82) is 0 Å². The second-order valence-corrected chi connectivity index (χ2v) is 5.23. The molecular weight excluding hydrogens is 230 g/mol. The molecule has 1 rings (SSSR count). The van der Waals surface area contributed by atoms with Crippen LogP contribution in [0, 0.1) is 0 Å². The summed E-state index contributed by atoms with van der Waals surface area (Å²) in [5.41, 5.74) is 0.765. The Hall–Kier alpha value is -1.40. The second kappa shape index (κ2) is 4.63. The smallest absolute Gasteiger partial charge is 0.337 e. The number of carbonyl (C=O) groups is 1. The lowest BCUT2D eigenvalue weighted by molar-refractivity contribution is 0.0600. The van der Waals surface area contributed by atoms with E-state index in [0.717, 1.165) is 0 Å². The van der Waals surface area contributed by atoms with E-state index in [0.29, 0.717) is 11.1 Å². The van der Waals surface area contributed by atoms with Crippen molar-refractivity contribution in [1.82, 2.24) is 0 Å². The largest absolute Gasteiger partial charge is 0.465 e. The number of rotatable bonds is 3. The number of sulfonamides is 1. The molecule has 1 aromatic rings. The van der Waals surface area contributed by atoms with Gasteiger partial charge in [0.05, 0.1) is 17.9 Å². The number of carbonyl (C=O) groups excluding carboxylic acids is 1. The zero-order valence-electron chi connectivity index (χ0n) is 9.01. The summed E-state index contributed by atoms with van der Waals surface area (Å²) in [5, 5.41) is 4.18. The van der Waals surface area contributed by atoms with Gasteiger partial charge in [-0.25, -0.2) is 18.4 Å². The van der Waals surface area contributed by atoms with Crippen LogP contribution in [0.4, 0.5) is 0 Å². The molecule has 0 heterocycles. The Bertz CT molecular complexity index is 495. The lowest BCUT2D eigenvalue weighted by atomic mass is 10.1. The Labute approximate surface area is 94.3 Å². The monoisotopic (exact) mass is 243 g/mol. The maximum absolute atomic E-state index is 11.2. The zero-order chi connectivity index (χ0) is 12.3. The van der Waals surface area contributed by atoms with E-state index in [2.05, 4.69) is 4.74 Å². The molecule has 16 heavy (non-hydrogen) atoms. The highest BCUT2D eigenvalue weighted by atomic mass is 32.2. The minimum Gasteiger partial charge on any atom is -0.465 e. The standard InChI is InChI=1S/C10H13NO4S/c1-7(16(11,13)14)8-4-3-5-9(6-8)10(12)15-2/h3-7H,1-2H3,(H2,11,13,14). The molecule has 0 bridgehead atoms. The van der Waals surface area contributed by atoms with Gasteiger partial charge >= 0.3 is 5.97 Å². The Balaban J connectivity index is 3.13. The summed E-state index contributed by atoms with van der Waals surface area (Å²) in [4.78, 5) is 11.2. The van der Waals surface area contributed by atoms with Crippen molar-refractivity contribution in [3.05, 3.63) is 35.4 Å². The van der Waals surface area contributed by atoms with E-state index in [1.165, 1.54) is 20.1 Å². The first kappa shape index (κ1) is 12.7. The molecule has 0 saturated carbocycles. The second-order valence-electron chi connectivity index (χ2n) is 3.35. The van der Waals surface area contributed by atoms with Gasteiger partial charge in [0, 0.05) is 0 Å². The molecule has 0 aliphatic carbocycles. The van der Waals surface area contributed by atoms with Crippen molar-refractivity contribution in [3.8, 4) is 0 Å². The normalized spacial score (nSPS) is 13.2. The summed E-state index contributed by atoms with van der Waals surface area (Å²) in [6, 6.07) is 6.19. The van der Waals surface area contributed by atoms with E-state index in [4.69, 9.17) is 5.14 Å². The summed E-state index contributed by atoms with van der Waals surface area (Å²) < 4.78 is 26.8. The molecule has 0 amide bonds. The topological polar surface area (TPSA) is 86.5 Å². The molecule has 0 saturated heterocycles. The number of nitrogens with two attached hydrogens (primary N) is 1. The van der Waals surface area contributed by atoms with Crippen LogP contribution in [0.2, 0.25) is 0 Å². The van der Waals surface area contributed by atoms with Gasteiger partial charge in [0.1, 0.15) is 0 Å². The number of hydrogen-bond donors (Lipinski definition) is 1. The molecule has 1 unspecified atom stereocenters. The molecular formula is C10H13NO4S. The quantitative estimate of drug-likeness (QED) is 0.796. The number of primary sulfonamides is 1. The first-order valence-corrected chi connectivity index (χ1v) is 6.17. The van der Waals surface area contributed by atoms with Crippen LogP contribution in [-0.2, 0) is 14.8 Å². The van der Waals surface area contributed by atoms with Gasteiger partial charge < -0.3 is 4.74 Å². The van der Waals surface area contributed by atoms with Crippen molar-refractivity contribution in [3.63, 3.8) is 0 Å². The molecule has 5 nitrogen and oxygen atoms in total. The van der Waals surface area contributed by atoms with Crippen LogP contribution in [0.25, 0.3) is 0 Å². The molecule has 88 valence electrons. The average molecular weight is 243 g/mol. The van der Waals surface area contributed by atoms with E-state index in [9.17, 15) is 13.2 Å². The summed E-state index contributed by atoms with van der Waals surface area (Å²) >= 11 is 0. The van der Waals surface area contributed by atoms with Gasteiger partial charge in [0.15, 0.2) is 0 Å². The van der Waals surface area contributed by atoms with Gasteiger partial charge in [0.2, 0.25) is 10.0 Å². The van der Waals surface area contributed by atoms with Gasteiger partial charge in [0.25, 0.3) is 0 Å². The summed E-state index contributed by atoms with van der Waals surface area (Å²) in [7, 11) is -2.40. The SMILES string of the molecule is COC(=O)c1cccc(C(C)S(N)(=O)=O)c1. The average Bonchev–Trinajstić information content (AvgIpc) is 2.26. The Morgan fingerprint density at radius 2 is 2.06 bits per heavy atom. The Morgan fingerprint density at radius 1 is 1.44 bits per heavy atom. The van der Waals surface area contributed by atoms with Gasteiger partial charge in [-0.15, -0.1) is 0 Å². The fraction of sp³-hybridized carbons (Fsp3) is 0.300. The van der Waals surface area contributed by atoms with E-state index in [1.807, 2.05) is 0 Å². The first-order valence-electron chi connectivity index (χ1n) is 4.56. The predicted molar refractivity (Wildman–Crippen MR) is 59.3 cm³/mol. The third kappa shape index (κ3) is 2.80. The minimum absolute atomic E-state index is 0.301. The molecule has 6 heteroatoms. The fourth-order valence-corrected chi connectivity index (χ4v) is 1.75. The van der Waals surface area contributed by atoms with Crippen molar-refractivity contribution in [2.75, 3.05) is 7.11 Å². The van der Waals surface area contributed by atoms with E-state index in [1.54, 1.807) is 18.2 Å². The number of ether oxygens (including phenoxy) is 1. The van der Waals surface area contributed by atoms with Crippen LogP contribution in [0.15, 0.2) is 24.3 Å². The highest BCUT2D eigenvalue weighted by Gasteiger charge is 2.19. The van der Waals surface area contributed by atoms with E-state index >= 15 is 0 Å². The third-order valence-corrected chi connectivity index (χ3v) is 3.53. The van der Waals surface area contributed by atoms with Gasteiger partial charge in [-0.3, -0.25) is 0 Å². The van der Waals surface area contributed by atoms with Gasteiger partial charge in [-0.1, -0.05) is 12.1 Å². The number of methoxy groups -OCH3 is 1. The summed E-state index contributed by atoms with van der Waals surface area (Å²) in [6.45, 7) is 1.46. The highest BCUT2D eigenvalue weighted by Crippen LogP contribution is 2.20. The maximum Gasteiger partial charge on any atom is 0.337 e. The van der Waals surface area contributed by atoms with Gasteiger partial charge in [-0.05, 0) is 24.6 Å². The molecule has 1 aromatic carbocycles. The predicted octanol–water partition coefficient (Wildman–Crippen LogP) is 0.823. The van der Waals surface area contributed by atoms with E-state index in [-0.39, 0.29) is 0 Å². The lowest BCUT2D eigenvalue weighted by Crippen LogP contribution is -2.19. The number of esters is 1. The van der Waals surface area contributed by atoms with Crippen molar-refractivity contribution < 1.29 is 17.9 Å². The fourth-order valence-electron chi connectivity index (χ4n) is 1.23. The van der Waals surface area contributed by atoms with Crippen molar-refractivity contribution >= 4 is 16.0 Å².